The fourth-order valence-corrected chi connectivity index (χ4v) is 5.18. The van der Waals surface area contributed by atoms with Gasteiger partial charge in [-0.05, 0) is 65.2 Å². The average molecular weight is 486 g/mol. The van der Waals surface area contributed by atoms with E-state index in [2.05, 4.69) is 19.7 Å². The Labute approximate surface area is 200 Å². The van der Waals surface area contributed by atoms with E-state index in [-0.39, 0.29) is 16.4 Å². The Hall–Kier alpha value is -4.57. The molecule has 0 aliphatic carbocycles. The van der Waals surface area contributed by atoms with Gasteiger partial charge in [0.15, 0.2) is 5.03 Å². The molecule has 1 aromatic carbocycles. The molecule has 4 aromatic heterocycles. The Morgan fingerprint density at radius 1 is 0.886 bits per heavy atom. The van der Waals surface area contributed by atoms with E-state index in [0.29, 0.717) is 5.56 Å². The lowest BCUT2D eigenvalue weighted by molar-refractivity contribution is 0.0685. The molecule has 5 aromatic rings. The van der Waals surface area contributed by atoms with Crippen LogP contribution in [-0.2, 0) is 17.1 Å². The van der Waals surface area contributed by atoms with Crippen molar-refractivity contribution in [3.63, 3.8) is 0 Å². The summed E-state index contributed by atoms with van der Waals surface area (Å²) in [6, 6.07) is 15.8. The highest BCUT2D eigenvalue weighted by Crippen LogP contribution is 2.31. The highest BCUT2D eigenvalue weighted by atomic mass is 32.2. The smallest absolute Gasteiger partial charge is 0.352 e. The summed E-state index contributed by atoms with van der Waals surface area (Å²) in [4.78, 5) is 24.0. The molecule has 35 heavy (non-hydrogen) atoms. The zero-order chi connectivity index (χ0) is 24.6. The van der Waals surface area contributed by atoms with E-state index in [1.165, 1.54) is 25.4 Å². The molecule has 5 rings (SSSR count). The molecule has 0 atom stereocenters. The van der Waals surface area contributed by atoms with Gasteiger partial charge in [0.05, 0.1) is 17.4 Å². The number of sulfonamides is 1. The fourth-order valence-electron chi connectivity index (χ4n) is 3.95. The first kappa shape index (κ1) is 22.2. The van der Waals surface area contributed by atoms with Crippen molar-refractivity contribution in [2.24, 2.45) is 7.05 Å². The number of aromatic nitrogens is 4. The van der Waals surface area contributed by atoms with Crippen LogP contribution in [0.2, 0.25) is 0 Å². The zero-order valence-electron chi connectivity index (χ0n) is 18.5. The highest BCUT2D eigenvalue weighted by molar-refractivity contribution is 7.92. The molecule has 4 heterocycles. The monoisotopic (exact) mass is 485 g/mol. The maximum Gasteiger partial charge on any atom is 0.352 e. The van der Waals surface area contributed by atoms with Gasteiger partial charge in [0.2, 0.25) is 0 Å². The van der Waals surface area contributed by atoms with Crippen LogP contribution in [0.4, 0.5) is 5.69 Å². The van der Waals surface area contributed by atoms with Crippen molar-refractivity contribution in [3.05, 3.63) is 91.3 Å². The summed E-state index contributed by atoms with van der Waals surface area (Å²) in [5, 5.41) is 9.98. The number of rotatable bonds is 6. The number of aromatic carboxylic acids is 1. The van der Waals surface area contributed by atoms with Crippen molar-refractivity contribution in [2.45, 2.75) is 5.03 Å². The predicted molar refractivity (Wildman–Crippen MR) is 131 cm³/mol. The zero-order valence-corrected chi connectivity index (χ0v) is 19.3. The van der Waals surface area contributed by atoms with E-state index in [0.717, 1.165) is 32.2 Å². The number of carbonyl (C=O) groups is 1. The van der Waals surface area contributed by atoms with Crippen molar-refractivity contribution in [2.75, 3.05) is 4.72 Å². The molecule has 0 amide bonds. The molecule has 2 N–H and O–H groups in total. The van der Waals surface area contributed by atoms with E-state index >= 15 is 0 Å². The molecule has 9 nitrogen and oxygen atoms in total. The van der Waals surface area contributed by atoms with E-state index in [4.69, 9.17) is 0 Å². The van der Waals surface area contributed by atoms with Gasteiger partial charge in [0, 0.05) is 42.8 Å². The molecule has 0 aliphatic heterocycles. The second-order valence-electron chi connectivity index (χ2n) is 7.82. The Bertz CT molecular complexity index is 1680. The Morgan fingerprint density at radius 3 is 2.43 bits per heavy atom. The summed E-state index contributed by atoms with van der Waals surface area (Å²) in [5.74, 6) is -1.21. The molecule has 0 radical (unpaired) electrons. The second-order valence-corrected chi connectivity index (χ2v) is 9.44. The van der Waals surface area contributed by atoms with Gasteiger partial charge in [-0.3, -0.25) is 19.7 Å². The maximum atomic E-state index is 12.9. The van der Waals surface area contributed by atoms with Crippen LogP contribution >= 0.6 is 0 Å². The molecule has 0 saturated heterocycles. The van der Waals surface area contributed by atoms with Gasteiger partial charge < -0.3 is 9.67 Å². The molecule has 0 fully saturated rings. The van der Waals surface area contributed by atoms with Crippen molar-refractivity contribution >= 4 is 32.6 Å². The van der Waals surface area contributed by atoms with Gasteiger partial charge in [0.1, 0.15) is 5.69 Å². The number of pyridine rings is 3. The summed E-state index contributed by atoms with van der Waals surface area (Å²) in [6.07, 6.45) is 8.27. The minimum atomic E-state index is -4.04. The Balaban J connectivity index is 1.52. The van der Waals surface area contributed by atoms with Gasteiger partial charge in [-0.25, -0.2) is 4.79 Å². The predicted octanol–water partition coefficient (Wildman–Crippen LogP) is 4.20. The third-order valence-corrected chi connectivity index (χ3v) is 7.09. The summed E-state index contributed by atoms with van der Waals surface area (Å²) in [6.45, 7) is 0. The first-order valence-corrected chi connectivity index (χ1v) is 12.0. The summed E-state index contributed by atoms with van der Waals surface area (Å²) >= 11 is 0. The van der Waals surface area contributed by atoms with Crippen molar-refractivity contribution in [1.29, 1.82) is 0 Å². The van der Waals surface area contributed by atoms with E-state index in [9.17, 15) is 18.3 Å². The minimum absolute atomic E-state index is 0.132. The van der Waals surface area contributed by atoms with Gasteiger partial charge in [-0.15, -0.1) is 0 Å². The van der Waals surface area contributed by atoms with Gasteiger partial charge >= 0.3 is 5.97 Å². The average Bonchev–Trinajstić information content (AvgIpc) is 3.26. The molecule has 174 valence electrons. The lowest BCUT2D eigenvalue weighted by Crippen LogP contribution is -2.18. The van der Waals surface area contributed by atoms with Crippen LogP contribution in [-0.4, -0.2) is 39.0 Å². The molecule has 0 aliphatic rings. The normalized spacial score (nSPS) is 11.5. The topological polar surface area (TPSA) is 127 Å². The van der Waals surface area contributed by atoms with Crippen LogP contribution in [0.5, 0.6) is 0 Å². The molecule has 0 spiro atoms. The number of carboxylic acids is 1. The summed E-state index contributed by atoms with van der Waals surface area (Å²) < 4.78 is 29.4. The Kier molecular flexibility index (Phi) is 5.50. The number of hydrogen-bond donors (Lipinski definition) is 2. The van der Waals surface area contributed by atoms with Crippen molar-refractivity contribution < 1.29 is 18.3 Å². The molecule has 0 saturated carbocycles. The van der Waals surface area contributed by atoms with Crippen LogP contribution < -0.4 is 4.72 Å². The molecule has 10 heteroatoms. The fraction of sp³-hybridized carbons (Fsp3) is 0.0400. The maximum absolute atomic E-state index is 12.9. The number of fused-ring (bicyclic) bond motifs is 1. The lowest BCUT2D eigenvalue weighted by atomic mass is 9.98. The van der Waals surface area contributed by atoms with Gasteiger partial charge in [-0.2, -0.15) is 8.42 Å². The minimum Gasteiger partial charge on any atom is -0.477 e. The first-order chi connectivity index (χ1) is 16.8. The lowest BCUT2D eigenvalue weighted by Gasteiger charge is -2.11. The van der Waals surface area contributed by atoms with Gasteiger partial charge in [0.25, 0.3) is 10.0 Å². The number of anilines is 1. The largest absolute Gasteiger partial charge is 0.477 e. The van der Waals surface area contributed by atoms with Crippen molar-refractivity contribution in [1.82, 2.24) is 19.5 Å². The molecule has 0 unspecified atom stereocenters. The van der Waals surface area contributed by atoms with E-state index in [1.54, 1.807) is 30.9 Å². The molecular formula is C25H19N5O4S. The number of hydrogen-bond acceptors (Lipinski definition) is 6. The van der Waals surface area contributed by atoms with Crippen LogP contribution in [0.25, 0.3) is 33.2 Å². The van der Waals surface area contributed by atoms with Gasteiger partial charge in [-0.1, -0.05) is 6.07 Å². The number of carboxylic acid groups (broad SMARTS) is 1. The van der Waals surface area contributed by atoms with Crippen LogP contribution in [0.3, 0.4) is 0 Å². The second kappa shape index (κ2) is 8.65. The number of nitrogens with zero attached hydrogens (tertiary/aromatic N) is 4. The quantitative estimate of drug-likeness (QED) is 0.369. The summed E-state index contributed by atoms with van der Waals surface area (Å²) in [5.41, 5.74) is 4.49. The van der Waals surface area contributed by atoms with E-state index < -0.39 is 16.0 Å². The number of nitrogens with one attached hydrogen (secondary N) is 1. The molecule has 0 bridgehead atoms. The summed E-state index contributed by atoms with van der Waals surface area (Å²) in [7, 11) is -2.65. The van der Waals surface area contributed by atoms with Crippen molar-refractivity contribution in [3.8, 4) is 22.3 Å². The first-order valence-electron chi connectivity index (χ1n) is 10.5. The van der Waals surface area contributed by atoms with Crippen LogP contribution in [0, 0.1) is 0 Å². The number of benzene rings is 1. The SMILES string of the molecule is Cn1c(C(=O)O)ccc1S(=O)(=O)Nc1cncc(-c2ccc3nccc(-c4ccncc4)c3c2)c1. The van der Waals surface area contributed by atoms with Crippen LogP contribution in [0.15, 0.2) is 90.6 Å². The third-order valence-electron chi connectivity index (χ3n) is 5.63. The third kappa shape index (κ3) is 4.22. The Morgan fingerprint density at radius 2 is 1.69 bits per heavy atom. The highest BCUT2D eigenvalue weighted by Gasteiger charge is 2.22. The standard InChI is InChI=1S/C25H19N5O4S/c1-30-23(25(31)32)4-5-24(30)35(33,34)29-19-12-18(14-27-15-19)17-2-3-22-21(13-17)20(8-11-28-22)16-6-9-26-10-7-16/h2-15,29H,1H3,(H,31,32). The van der Waals surface area contributed by atoms with E-state index in [1.807, 2.05) is 36.4 Å². The van der Waals surface area contributed by atoms with Crippen LogP contribution in [0.1, 0.15) is 10.5 Å². The molecular weight excluding hydrogens is 466 g/mol.